The number of hydrogen-bond acceptors (Lipinski definition) is 7. The van der Waals surface area contributed by atoms with Crippen molar-refractivity contribution in [1.29, 1.82) is 0 Å². The van der Waals surface area contributed by atoms with E-state index in [1.54, 1.807) is 17.6 Å². The van der Waals surface area contributed by atoms with Crippen LogP contribution >= 0.6 is 0 Å². The molecule has 0 saturated carbocycles. The zero-order valence-corrected chi connectivity index (χ0v) is 20.8. The first-order valence-electron chi connectivity index (χ1n) is 12.2. The Balaban J connectivity index is 1.36. The van der Waals surface area contributed by atoms with Crippen LogP contribution in [0.3, 0.4) is 0 Å². The quantitative estimate of drug-likeness (QED) is 0.252. The summed E-state index contributed by atoms with van der Waals surface area (Å²) in [4.78, 5) is 29.6. The van der Waals surface area contributed by atoms with Crippen molar-refractivity contribution < 1.29 is 23.2 Å². The number of fused-ring (bicyclic) bond motifs is 3. The predicted octanol–water partition coefficient (Wildman–Crippen LogP) is 1.74. The highest BCUT2D eigenvalue weighted by Crippen LogP contribution is 2.35. The Bertz CT molecular complexity index is 1350. The molecule has 5 rings (SSSR count). The number of rotatable bonds is 7. The van der Waals surface area contributed by atoms with Gasteiger partial charge in [-0.1, -0.05) is 30.3 Å². The van der Waals surface area contributed by atoms with Crippen LogP contribution in [-0.4, -0.2) is 78.3 Å². The molecule has 2 N–H and O–H groups in total. The fraction of sp³-hybridized carbons (Fsp3) is 0.385. The molecule has 2 heterocycles. The van der Waals surface area contributed by atoms with Gasteiger partial charge in [0.25, 0.3) is 5.91 Å². The van der Waals surface area contributed by atoms with Gasteiger partial charge in [-0.3, -0.25) is 19.7 Å². The number of aromatic nitrogens is 1. The molecule has 0 radical (unpaired) electrons. The monoisotopic (exact) mass is 510 g/mol. The third-order valence-corrected chi connectivity index (χ3v) is 7.97. The molecule has 3 aromatic rings. The number of ketones is 1. The van der Waals surface area contributed by atoms with Crippen LogP contribution in [0.2, 0.25) is 0 Å². The van der Waals surface area contributed by atoms with Gasteiger partial charge in [0.1, 0.15) is 0 Å². The van der Waals surface area contributed by atoms with Crippen LogP contribution in [0.4, 0.5) is 0 Å². The lowest BCUT2D eigenvalue weighted by Crippen LogP contribution is -2.49. The molecule has 2 aliphatic rings. The summed E-state index contributed by atoms with van der Waals surface area (Å²) in [6.45, 7) is 4.22. The van der Waals surface area contributed by atoms with E-state index in [4.69, 9.17) is 5.21 Å². The average molecular weight is 511 g/mol. The normalized spacial score (nSPS) is 19.1. The van der Waals surface area contributed by atoms with Gasteiger partial charge >= 0.3 is 0 Å². The molecule has 36 heavy (non-hydrogen) atoms. The zero-order valence-electron chi connectivity index (χ0n) is 19.9. The lowest BCUT2D eigenvalue weighted by Gasteiger charge is -2.36. The molecule has 9 nitrogen and oxygen atoms in total. The summed E-state index contributed by atoms with van der Waals surface area (Å²) in [5, 5.41) is 9.82. The van der Waals surface area contributed by atoms with E-state index < -0.39 is 16.6 Å². The highest BCUT2D eigenvalue weighted by Gasteiger charge is 2.34. The number of para-hydroxylation sites is 1. The van der Waals surface area contributed by atoms with Crippen LogP contribution < -0.4 is 5.48 Å². The first-order chi connectivity index (χ1) is 17.4. The van der Waals surface area contributed by atoms with Crippen molar-refractivity contribution in [3.63, 3.8) is 0 Å². The van der Waals surface area contributed by atoms with Crippen LogP contribution in [0.5, 0.6) is 0 Å². The minimum Gasteiger partial charge on any atom is -0.339 e. The minimum atomic E-state index is -2.41. The number of piperazine rings is 1. The number of amides is 1. The number of nitrogens with one attached hydrogen (secondary N) is 1. The number of thiol groups is 1. The largest absolute Gasteiger partial charge is 0.339 e. The second-order valence-corrected chi connectivity index (χ2v) is 10.5. The number of hydrogen-bond donors (Lipinski definition) is 3. The number of nitrogens with zero attached hydrogens (tertiary/aromatic N) is 3. The zero-order chi connectivity index (χ0) is 25.2. The Morgan fingerprint density at radius 3 is 2.39 bits per heavy atom. The van der Waals surface area contributed by atoms with E-state index in [1.165, 1.54) is 0 Å². The molecule has 1 aromatic heterocycles. The maximum Gasteiger partial charge on any atom is 0.274 e. The van der Waals surface area contributed by atoms with Crippen molar-refractivity contribution >= 4 is 33.3 Å². The molecule has 1 aliphatic carbocycles. The Morgan fingerprint density at radius 2 is 1.69 bits per heavy atom. The maximum absolute atomic E-state index is 13.7. The molecule has 1 aliphatic heterocycles. The topological polar surface area (TPSA) is 112 Å². The Hall–Kier alpha value is -3.05. The third kappa shape index (κ3) is 4.94. The Labute approximate surface area is 211 Å². The first-order valence-corrected chi connectivity index (χ1v) is 13.5. The molecule has 1 amide bonds. The summed E-state index contributed by atoms with van der Waals surface area (Å²) in [6.07, 6.45) is 1.59. The fourth-order valence-corrected chi connectivity index (χ4v) is 6.10. The van der Waals surface area contributed by atoms with Gasteiger partial charge in [-0.05, 0) is 36.6 Å². The summed E-state index contributed by atoms with van der Waals surface area (Å²) in [6, 6.07) is 15.1. The average Bonchev–Trinajstić information content (AvgIpc) is 3.20. The lowest BCUT2D eigenvalue weighted by molar-refractivity contribution is 0.0706. The summed E-state index contributed by atoms with van der Waals surface area (Å²) in [5.41, 5.74) is 5.92. The fourth-order valence-electron chi connectivity index (χ4n) is 5.49. The molecule has 2 aromatic carbocycles. The highest BCUT2D eigenvalue weighted by molar-refractivity contribution is 7.72. The second kappa shape index (κ2) is 10.5. The number of hydroxylamine groups is 1. The van der Waals surface area contributed by atoms with Gasteiger partial charge in [-0.15, -0.1) is 0 Å². The van der Waals surface area contributed by atoms with Gasteiger partial charge in [0.15, 0.2) is 16.5 Å². The van der Waals surface area contributed by atoms with Crippen LogP contribution in [0, 0.1) is 5.92 Å². The Kier molecular flexibility index (Phi) is 7.20. The van der Waals surface area contributed by atoms with Crippen LogP contribution in [0.15, 0.2) is 48.5 Å². The summed E-state index contributed by atoms with van der Waals surface area (Å²) in [5.74, 6) is -0.336. The van der Waals surface area contributed by atoms with E-state index >= 15 is 0 Å². The van der Waals surface area contributed by atoms with Gasteiger partial charge in [-0.2, -0.15) is 0 Å². The van der Waals surface area contributed by atoms with E-state index in [9.17, 15) is 18.0 Å². The van der Waals surface area contributed by atoms with Crippen molar-refractivity contribution in [2.24, 2.45) is 5.92 Å². The van der Waals surface area contributed by atoms with Crippen molar-refractivity contribution in [3.8, 4) is 0 Å². The highest BCUT2D eigenvalue weighted by atomic mass is 32.2. The van der Waals surface area contributed by atoms with Crippen molar-refractivity contribution in [1.82, 2.24) is 19.8 Å². The van der Waals surface area contributed by atoms with Gasteiger partial charge in [-0.25, -0.2) is 13.9 Å². The van der Waals surface area contributed by atoms with Crippen molar-refractivity contribution in [2.45, 2.75) is 19.4 Å². The van der Waals surface area contributed by atoms with Crippen molar-refractivity contribution in [2.75, 3.05) is 38.6 Å². The minimum absolute atomic E-state index is 0.0734. The molecule has 10 heteroatoms. The van der Waals surface area contributed by atoms with Gasteiger partial charge in [0.2, 0.25) is 0 Å². The van der Waals surface area contributed by atoms with Gasteiger partial charge in [0.05, 0.1) is 5.88 Å². The second-order valence-electron chi connectivity index (χ2n) is 9.56. The molecule has 1 unspecified atom stereocenters. The number of benzene rings is 2. The van der Waals surface area contributed by atoms with E-state index in [0.717, 1.165) is 53.7 Å². The van der Waals surface area contributed by atoms with Crippen LogP contribution in [-0.2, 0) is 23.7 Å². The SMILES string of the molecule is O=C(NO)c1ccc(Cn2c3c(c4ccccc42)C(=O)C(CN2CCN(C[SH](=O)=O)CC2)CC3)cc1. The smallest absolute Gasteiger partial charge is 0.274 e. The molecule has 0 bridgehead atoms. The molecule has 190 valence electrons. The van der Waals surface area contributed by atoms with E-state index in [1.807, 2.05) is 41.3 Å². The number of carbonyl (C=O) groups is 2. The van der Waals surface area contributed by atoms with Gasteiger partial charge in [0, 0.05) is 72.9 Å². The lowest BCUT2D eigenvalue weighted by atomic mass is 9.84. The maximum atomic E-state index is 13.7. The summed E-state index contributed by atoms with van der Waals surface area (Å²) >= 11 is 0. The number of Topliss-reactive ketones (excluding diaryl/α,β-unsaturated/α-hetero) is 1. The summed E-state index contributed by atoms with van der Waals surface area (Å²) < 4.78 is 24.2. The van der Waals surface area contributed by atoms with Crippen LogP contribution in [0.25, 0.3) is 10.9 Å². The standard InChI is InChI=1S/C26H30N4O5S/c31-25-20(16-28-11-13-29(14-12-28)17-36(34)35)9-10-23-24(25)21-3-1-2-4-22(21)30(23)15-18-5-7-19(8-6-18)26(32)27-33/h1-8,20,33,36H,9-17H2,(H,27,32). The Morgan fingerprint density at radius 1 is 1.00 bits per heavy atom. The molecular formula is C26H30N4O5S. The number of carbonyl (C=O) groups excluding carboxylic acids is 2. The molecule has 1 atom stereocenters. The van der Waals surface area contributed by atoms with Gasteiger partial charge < -0.3 is 9.47 Å². The molecule has 1 saturated heterocycles. The molecule has 0 spiro atoms. The molecular weight excluding hydrogens is 480 g/mol. The van der Waals surface area contributed by atoms with Crippen molar-refractivity contribution in [3.05, 3.63) is 70.9 Å². The molecule has 1 fully saturated rings. The summed E-state index contributed by atoms with van der Waals surface area (Å²) in [7, 11) is -2.41. The van der Waals surface area contributed by atoms with E-state index in [2.05, 4.69) is 9.47 Å². The van der Waals surface area contributed by atoms with Crippen LogP contribution in [0.1, 0.15) is 38.4 Å². The third-order valence-electron chi connectivity index (χ3n) is 7.34. The first kappa shape index (κ1) is 24.6. The predicted molar refractivity (Wildman–Crippen MR) is 136 cm³/mol. The van der Waals surface area contributed by atoms with E-state index in [-0.39, 0.29) is 17.6 Å². The van der Waals surface area contributed by atoms with E-state index in [0.29, 0.717) is 31.7 Å².